The number of aromatic nitrogens is 5. The monoisotopic (exact) mass is 326 g/mol. The summed E-state index contributed by atoms with van der Waals surface area (Å²) < 4.78 is 3.67. The van der Waals surface area contributed by atoms with E-state index in [2.05, 4.69) is 27.3 Å². The zero-order valence-corrected chi connectivity index (χ0v) is 14.7. The third kappa shape index (κ3) is 2.55. The number of hydrogen-bond donors (Lipinski definition) is 1. The van der Waals surface area contributed by atoms with Crippen molar-refractivity contribution in [3.05, 3.63) is 46.8 Å². The number of nitrogens with zero attached hydrogens (tertiary/aromatic N) is 5. The fourth-order valence-electron chi connectivity index (χ4n) is 3.25. The minimum Gasteiger partial charge on any atom is -0.344 e. The molecule has 1 amide bonds. The number of imidazole rings is 1. The van der Waals surface area contributed by atoms with Crippen LogP contribution >= 0.6 is 0 Å². The standard InChI is InChI=1S/C17H22N6O/c1-6-23-13(5)14(11(3)21-23)10(2)19-16(24)15-12(4)20-17-18-8-7-9-22(15)17/h7-10H,6H2,1-5H3,(H,19,24)/t10-/m1/s1. The second-order valence-electron chi connectivity index (χ2n) is 5.93. The van der Waals surface area contributed by atoms with Gasteiger partial charge in [-0.25, -0.2) is 9.97 Å². The van der Waals surface area contributed by atoms with Gasteiger partial charge in [-0.15, -0.1) is 0 Å². The quantitative estimate of drug-likeness (QED) is 0.798. The van der Waals surface area contributed by atoms with Crippen molar-refractivity contribution < 1.29 is 4.79 Å². The van der Waals surface area contributed by atoms with E-state index in [-0.39, 0.29) is 11.9 Å². The molecular weight excluding hydrogens is 304 g/mol. The summed E-state index contributed by atoms with van der Waals surface area (Å²) in [6.07, 6.45) is 3.46. The van der Waals surface area contributed by atoms with E-state index in [9.17, 15) is 4.79 Å². The highest BCUT2D eigenvalue weighted by Gasteiger charge is 2.22. The lowest BCUT2D eigenvalue weighted by Crippen LogP contribution is -2.29. The predicted molar refractivity (Wildman–Crippen MR) is 91.0 cm³/mol. The highest BCUT2D eigenvalue weighted by Crippen LogP contribution is 2.22. The molecule has 126 valence electrons. The first-order chi connectivity index (χ1) is 11.4. The van der Waals surface area contributed by atoms with Gasteiger partial charge in [0.1, 0.15) is 5.69 Å². The normalized spacial score (nSPS) is 12.5. The molecule has 0 saturated carbocycles. The molecule has 3 rings (SSSR count). The molecule has 3 aromatic rings. The topological polar surface area (TPSA) is 77.1 Å². The van der Waals surface area contributed by atoms with E-state index >= 15 is 0 Å². The maximum Gasteiger partial charge on any atom is 0.270 e. The van der Waals surface area contributed by atoms with Gasteiger partial charge in [-0.2, -0.15) is 5.10 Å². The Kier molecular flexibility index (Phi) is 4.09. The molecule has 0 saturated heterocycles. The number of nitrogens with one attached hydrogen (secondary N) is 1. The Hall–Kier alpha value is -2.70. The van der Waals surface area contributed by atoms with E-state index < -0.39 is 0 Å². The first-order valence-corrected chi connectivity index (χ1v) is 8.08. The van der Waals surface area contributed by atoms with E-state index in [0.29, 0.717) is 17.2 Å². The molecule has 0 radical (unpaired) electrons. The molecule has 3 heterocycles. The molecular formula is C17H22N6O. The van der Waals surface area contributed by atoms with Crippen molar-refractivity contribution in [1.29, 1.82) is 0 Å². The minimum absolute atomic E-state index is 0.139. The van der Waals surface area contributed by atoms with Crippen molar-refractivity contribution in [3.8, 4) is 0 Å². The van der Waals surface area contributed by atoms with Gasteiger partial charge in [-0.05, 0) is 40.7 Å². The largest absolute Gasteiger partial charge is 0.344 e. The Balaban J connectivity index is 1.92. The zero-order chi connectivity index (χ0) is 17.4. The van der Waals surface area contributed by atoms with Crippen molar-refractivity contribution >= 4 is 11.7 Å². The minimum atomic E-state index is -0.163. The molecule has 0 fully saturated rings. The average Bonchev–Trinajstić information content (AvgIpc) is 3.02. The van der Waals surface area contributed by atoms with E-state index in [1.54, 1.807) is 22.9 Å². The summed E-state index contributed by atoms with van der Waals surface area (Å²) in [6.45, 7) is 10.7. The van der Waals surface area contributed by atoms with Crippen LogP contribution in [-0.4, -0.2) is 30.1 Å². The van der Waals surface area contributed by atoms with Crippen molar-refractivity contribution in [2.24, 2.45) is 0 Å². The second-order valence-corrected chi connectivity index (χ2v) is 5.93. The lowest BCUT2D eigenvalue weighted by atomic mass is 10.1. The van der Waals surface area contributed by atoms with Crippen molar-refractivity contribution in [2.75, 3.05) is 0 Å². The van der Waals surface area contributed by atoms with Gasteiger partial charge in [-0.3, -0.25) is 13.9 Å². The summed E-state index contributed by atoms with van der Waals surface area (Å²) in [4.78, 5) is 21.3. The third-order valence-corrected chi connectivity index (χ3v) is 4.31. The smallest absolute Gasteiger partial charge is 0.270 e. The van der Waals surface area contributed by atoms with Crippen LogP contribution in [0.15, 0.2) is 18.5 Å². The first kappa shape index (κ1) is 16.2. The van der Waals surface area contributed by atoms with Crippen molar-refractivity contribution in [2.45, 2.75) is 47.2 Å². The molecule has 1 N–H and O–H groups in total. The molecule has 3 aromatic heterocycles. The fraction of sp³-hybridized carbons (Fsp3) is 0.412. The van der Waals surface area contributed by atoms with Gasteiger partial charge in [0.2, 0.25) is 5.78 Å². The molecule has 0 aliphatic heterocycles. The number of amides is 1. The zero-order valence-electron chi connectivity index (χ0n) is 14.7. The maximum atomic E-state index is 12.8. The van der Waals surface area contributed by atoms with E-state index in [0.717, 1.165) is 23.5 Å². The second kappa shape index (κ2) is 6.07. The maximum absolute atomic E-state index is 12.8. The van der Waals surface area contributed by atoms with Crippen LogP contribution in [0.25, 0.3) is 5.78 Å². The number of hydrogen-bond acceptors (Lipinski definition) is 4. The van der Waals surface area contributed by atoms with Gasteiger partial charge < -0.3 is 5.32 Å². The van der Waals surface area contributed by atoms with Crippen molar-refractivity contribution in [1.82, 2.24) is 29.5 Å². The van der Waals surface area contributed by atoms with Gasteiger partial charge >= 0.3 is 0 Å². The predicted octanol–water partition coefficient (Wildman–Crippen LogP) is 2.36. The summed E-state index contributed by atoms with van der Waals surface area (Å²) in [5.41, 5.74) is 4.27. The summed E-state index contributed by atoms with van der Waals surface area (Å²) in [6, 6.07) is 1.65. The average molecular weight is 326 g/mol. The molecule has 0 aliphatic rings. The number of carbonyl (C=O) groups excluding carboxylic acids is 1. The first-order valence-electron chi connectivity index (χ1n) is 8.08. The number of aryl methyl sites for hydroxylation is 3. The van der Waals surface area contributed by atoms with Crippen LogP contribution in [0.2, 0.25) is 0 Å². The Bertz CT molecular complexity index is 907. The van der Waals surface area contributed by atoms with Gasteiger partial charge in [0.05, 0.1) is 17.4 Å². The third-order valence-electron chi connectivity index (χ3n) is 4.31. The molecule has 0 spiro atoms. The summed E-state index contributed by atoms with van der Waals surface area (Å²) >= 11 is 0. The lowest BCUT2D eigenvalue weighted by molar-refractivity contribution is 0.0933. The Morgan fingerprint density at radius 2 is 2.04 bits per heavy atom. The SMILES string of the molecule is CCn1nc(C)c([C@@H](C)NC(=O)c2c(C)nc3ncccn23)c1C. The lowest BCUT2D eigenvalue weighted by Gasteiger charge is -2.15. The molecule has 0 bridgehead atoms. The van der Waals surface area contributed by atoms with Crippen LogP contribution in [0.5, 0.6) is 0 Å². The van der Waals surface area contributed by atoms with Crippen LogP contribution < -0.4 is 5.32 Å². The Labute approximate surface area is 140 Å². The van der Waals surface area contributed by atoms with E-state index in [4.69, 9.17) is 0 Å². The Morgan fingerprint density at radius 1 is 1.29 bits per heavy atom. The van der Waals surface area contributed by atoms with Gasteiger partial charge in [0.15, 0.2) is 0 Å². The van der Waals surface area contributed by atoms with E-state index in [1.807, 2.05) is 32.4 Å². The summed E-state index contributed by atoms with van der Waals surface area (Å²) in [5, 5.41) is 7.59. The molecule has 1 atom stereocenters. The highest BCUT2D eigenvalue weighted by atomic mass is 16.2. The van der Waals surface area contributed by atoms with E-state index in [1.165, 1.54) is 0 Å². The Morgan fingerprint density at radius 3 is 2.71 bits per heavy atom. The molecule has 0 aliphatic carbocycles. The molecule has 24 heavy (non-hydrogen) atoms. The summed E-state index contributed by atoms with van der Waals surface area (Å²) in [7, 11) is 0. The molecule has 0 unspecified atom stereocenters. The van der Waals surface area contributed by atoms with Gasteiger partial charge in [0, 0.05) is 30.2 Å². The van der Waals surface area contributed by atoms with Crippen LogP contribution in [0, 0.1) is 20.8 Å². The number of carbonyl (C=O) groups is 1. The molecule has 7 heteroatoms. The van der Waals surface area contributed by atoms with Crippen LogP contribution in [0.3, 0.4) is 0 Å². The summed E-state index contributed by atoms with van der Waals surface area (Å²) in [5.74, 6) is 0.363. The highest BCUT2D eigenvalue weighted by molar-refractivity contribution is 5.94. The van der Waals surface area contributed by atoms with Gasteiger partial charge in [-0.1, -0.05) is 0 Å². The van der Waals surface area contributed by atoms with Crippen molar-refractivity contribution in [3.63, 3.8) is 0 Å². The number of fused-ring (bicyclic) bond motifs is 1. The molecule has 0 aromatic carbocycles. The van der Waals surface area contributed by atoms with Crippen LogP contribution in [0.1, 0.15) is 53.0 Å². The van der Waals surface area contributed by atoms with Crippen LogP contribution in [0.4, 0.5) is 0 Å². The van der Waals surface area contributed by atoms with Gasteiger partial charge in [0.25, 0.3) is 5.91 Å². The molecule has 7 nitrogen and oxygen atoms in total. The number of rotatable bonds is 4. The van der Waals surface area contributed by atoms with Crippen LogP contribution in [-0.2, 0) is 6.54 Å². The fourth-order valence-corrected chi connectivity index (χ4v) is 3.25.